The molecule has 0 spiro atoms. The van der Waals surface area contributed by atoms with E-state index in [-0.39, 0.29) is 12.0 Å². The van der Waals surface area contributed by atoms with Crippen molar-refractivity contribution in [3.05, 3.63) is 12.2 Å². The van der Waals surface area contributed by atoms with Crippen LogP contribution in [0.5, 0.6) is 0 Å². The van der Waals surface area contributed by atoms with E-state index < -0.39 is 29.9 Å². The zero-order valence-electron chi connectivity index (χ0n) is 9.86. The van der Waals surface area contributed by atoms with E-state index in [0.29, 0.717) is 6.42 Å². The quantitative estimate of drug-likeness (QED) is 0.515. The van der Waals surface area contributed by atoms with Gasteiger partial charge in [0.15, 0.2) is 0 Å². The Morgan fingerprint density at radius 3 is 2.12 bits per heavy atom. The maximum Gasteiger partial charge on any atom is 0.348 e. The van der Waals surface area contributed by atoms with Crippen LogP contribution in [0.1, 0.15) is 33.1 Å². The molecule has 0 fully saturated rings. The highest BCUT2D eigenvalue weighted by Gasteiger charge is 2.44. The molecule has 0 heterocycles. The number of hydrogen-bond donors (Lipinski definition) is 2. The Balaban J connectivity index is 5.16. The van der Waals surface area contributed by atoms with Crippen molar-refractivity contribution in [1.29, 1.82) is 0 Å². The fraction of sp³-hybridized carbons (Fsp3) is 0.545. The highest BCUT2D eigenvalue weighted by Crippen LogP contribution is 2.24. The molecule has 1 unspecified atom stereocenters. The van der Waals surface area contributed by atoms with E-state index in [2.05, 4.69) is 6.58 Å². The SMILES string of the molecule is C=C(C)C(=O)OC(CCC)(CC(=O)O)C(=O)O. The van der Waals surface area contributed by atoms with E-state index in [1.807, 2.05) is 0 Å². The second kappa shape index (κ2) is 6.03. The lowest BCUT2D eigenvalue weighted by atomic mass is 9.93. The number of aliphatic carboxylic acids is 2. The average Bonchev–Trinajstić information content (AvgIpc) is 2.16. The van der Waals surface area contributed by atoms with E-state index in [0.717, 1.165) is 0 Å². The van der Waals surface area contributed by atoms with Crippen LogP contribution < -0.4 is 0 Å². The molecule has 6 nitrogen and oxygen atoms in total. The molecule has 96 valence electrons. The minimum absolute atomic E-state index is 0.0251. The van der Waals surface area contributed by atoms with Gasteiger partial charge >= 0.3 is 17.9 Å². The molecule has 0 radical (unpaired) electrons. The molecule has 0 aliphatic carbocycles. The maximum absolute atomic E-state index is 11.3. The molecule has 0 saturated heterocycles. The van der Waals surface area contributed by atoms with Crippen LogP contribution in [0, 0.1) is 0 Å². The molecule has 0 saturated carbocycles. The highest BCUT2D eigenvalue weighted by molar-refractivity contribution is 5.92. The van der Waals surface area contributed by atoms with Gasteiger partial charge in [0.05, 0.1) is 6.42 Å². The van der Waals surface area contributed by atoms with Gasteiger partial charge in [0, 0.05) is 5.57 Å². The third kappa shape index (κ3) is 4.26. The molecule has 0 rings (SSSR count). The largest absolute Gasteiger partial charge is 0.481 e. The summed E-state index contributed by atoms with van der Waals surface area (Å²) in [5.41, 5.74) is -1.99. The second-order valence-corrected chi connectivity index (χ2v) is 3.79. The number of hydrogen-bond acceptors (Lipinski definition) is 4. The van der Waals surface area contributed by atoms with Crippen LogP contribution in [0.2, 0.25) is 0 Å². The van der Waals surface area contributed by atoms with E-state index in [9.17, 15) is 14.4 Å². The van der Waals surface area contributed by atoms with Crippen molar-refractivity contribution in [3.63, 3.8) is 0 Å². The van der Waals surface area contributed by atoms with Crippen LogP contribution in [-0.4, -0.2) is 33.7 Å². The fourth-order valence-corrected chi connectivity index (χ4v) is 1.31. The number of carboxylic acid groups (broad SMARTS) is 2. The van der Waals surface area contributed by atoms with Crippen molar-refractivity contribution >= 4 is 17.9 Å². The Hall–Kier alpha value is -1.85. The molecule has 0 aromatic rings. The van der Waals surface area contributed by atoms with Crippen molar-refractivity contribution < 1.29 is 29.3 Å². The van der Waals surface area contributed by atoms with Gasteiger partial charge in [-0.2, -0.15) is 0 Å². The minimum atomic E-state index is -2.02. The first-order valence-electron chi connectivity index (χ1n) is 5.09. The first-order chi connectivity index (χ1) is 7.75. The fourth-order valence-electron chi connectivity index (χ4n) is 1.31. The van der Waals surface area contributed by atoms with Crippen molar-refractivity contribution in [2.75, 3.05) is 0 Å². The van der Waals surface area contributed by atoms with Gasteiger partial charge in [0.25, 0.3) is 0 Å². The second-order valence-electron chi connectivity index (χ2n) is 3.79. The van der Waals surface area contributed by atoms with E-state index in [1.165, 1.54) is 6.92 Å². The predicted octanol–water partition coefficient (Wildman–Crippen LogP) is 1.20. The Morgan fingerprint density at radius 1 is 1.29 bits per heavy atom. The Labute approximate surface area is 98.9 Å². The molecule has 1 atom stereocenters. The standard InChI is InChI=1S/C11H16O6/c1-4-5-11(10(15)16,6-8(12)13)17-9(14)7(2)3/h2,4-6H2,1,3H3,(H,12,13)(H,15,16). The Morgan fingerprint density at radius 2 is 1.82 bits per heavy atom. The van der Waals surface area contributed by atoms with Gasteiger partial charge in [-0.3, -0.25) is 4.79 Å². The molecule has 0 aliphatic rings. The monoisotopic (exact) mass is 244 g/mol. The van der Waals surface area contributed by atoms with Crippen molar-refractivity contribution in [2.24, 2.45) is 0 Å². The van der Waals surface area contributed by atoms with Gasteiger partial charge in [-0.1, -0.05) is 19.9 Å². The van der Waals surface area contributed by atoms with Gasteiger partial charge in [-0.15, -0.1) is 0 Å². The molecular weight excluding hydrogens is 228 g/mol. The normalized spacial score (nSPS) is 13.5. The Bertz CT molecular complexity index is 346. The van der Waals surface area contributed by atoms with Crippen molar-refractivity contribution in [1.82, 2.24) is 0 Å². The number of carboxylic acids is 2. The number of ether oxygens (including phenoxy) is 1. The zero-order chi connectivity index (χ0) is 13.6. The molecule has 2 N–H and O–H groups in total. The van der Waals surface area contributed by atoms with Gasteiger partial charge in [0.1, 0.15) is 0 Å². The molecular formula is C11H16O6. The predicted molar refractivity (Wildman–Crippen MR) is 58.4 cm³/mol. The van der Waals surface area contributed by atoms with Crippen LogP contribution in [0.3, 0.4) is 0 Å². The third-order valence-electron chi connectivity index (χ3n) is 2.12. The maximum atomic E-state index is 11.3. The number of esters is 1. The van der Waals surface area contributed by atoms with Crippen LogP contribution in [0.15, 0.2) is 12.2 Å². The smallest absolute Gasteiger partial charge is 0.348 e. The summed E-state index contributed by atoms with van der Waals surface area (Å²) in [7, 11) is 0. The van der Waals surface area contributed by atoms with Crippen LogP contribution in [-0.2, 0) is 19.1 Å². The van der Waals surface area contributed by atoms with Gasteiger partial charge in [0.2, 0.25) is 5.60 Å². The summed E-state index contributed by atoms with van der Waals surface area (Å²) in [6.07, 6.45) is -0.452. The number of rotatable bonds is 7. The lowest BCUT2D eigenvalue weighted by Gasteiger charge is -2.27. The summed E-state index contributed by atoms with van der Waals surface area (Å²) in [5, 5.41) is 17.8. The van der Waals surface area contributed by atoms with Crippen molar-refractivity contribution in [3.8, 4) is 0 Å². The summed E-state index contributed by atoms with van der Waals surface area (Å²) < 4.78 is 4.79. The molecule has 0 bridgehead atoms. The molecule has 0 aliphatic heterocycles. The van der Waals surface area contributed by atoms with E-state index in [4.69, 9.17) is 14.9 Å². The summed E-state index contributed by atoms with van der Waals surface area (Å²) in [4.78, 5) is 33.1. The molecule has 17 heavy (non-hydrogen) atoms. The first kappa shape index (κ1) is 15.2. The van der Waals surface area contributed by atoms with E-state index in [1.54, 1.807) is 6.92 Å². The third-order valence-corrected chi connectivity index (χ3v) is 2.12. The molecule has 0 aromatic heterocycles. The summed E-state index contributed by atoms with van der Waals surface area (Å²) in [6.45, 7) is 6.36. The van der Waals surface area contributed by atoms with E-state index >= 15 is 0 Å². The lowest BCUT2D eigenvalue weighted by Crippen LogP contribution is -2.45. The van der Waals surface area contributed by atoms with Crippen LogP contribution >= 0.6 is 0 Å². The molecule has 0 aromatic carbocycles. The van der Waals surface area contributed by atoms with Gasteiger partial charge in [-0.05, 0) is 13.3 Å². The van der Waals surface area contributed by atoms with Gasteiger partial charge < -0.3 is 14.9 Å². The summed E-state index contributed by atoms with van der Waals surface area (Å²) in [6, 6.07) is 0. The summed E-state index contributed by atoms with van der Waals surface area (Å²) in [5.74, 6) is -3.70. The average molecular weight is 244 g/mol. The first-order valence-corrected chi connectivity index (χ1v) is 5.09. The van der Waals surface area contributed by atoms with Gasteiger partial charge in [-0.25, -0.2) is 9.59 Å². The van der Waals surface area contributed by atoms with Crippen molar-refractivity contribution in [2.45, 2.75) is 38.7 Å². The highest BCUT2D eigenvalue weighted by atomic mass is 16.6. The number of carbonyl (C=O) groups excluding carboxylic acids is 1. The van der Waals surface area contributed by atoms with Crippen LogP contribution in [0.4, 0.5) is 0 Å². The Kier molecular flexibility index (Phi) is 5.37. The molecule has 0 amide bonds. The lowest BCUT2D eigenvalue weighted by molar-refractivity contribution is -0.181. The van der Waals surface area contributed by atoms with Crippen LogP contribution in [0.25, 0.3) is 0 Å². The zero-order valence-corrected chi connectivity index (χ0v) is 9.86. The minimum Gasteiger partial charge on any atom is -0.481 e. The number of carbonyl (C=O) groups is 3. The summed E-state index contributed by atoms with van der Waals surface area (Å²) >= 11 is 0. The topological polar surface area (TPSA) is 101 Å². The molecule has 6 heteroatoms.